The maximum atomic E-state index is 11.2. The number of carboxylic acids is 1. The van der Waals surface area contributed by atoms with Gasteiger partial charge in [-0.1, -0.05) is 12.1 Å². The monoisotopic (exact) mass is 279 g/mol. The molecular formula is C15H21NO4. The van der Waals surface area contributed by atoms with Crippen LogP contribution in [0.4, 0.5) is 0 Å². The highest BCUT2D eigenvalue weighted by molar-refractivity contribution is 5.72. The van der Waals surface area contributed by atoms with Gasteiger partial charge in [0.25, 0.3) is 0 Å². The van der Waals surface area contributed by atoms with Crippen LogP contribution in [0.3, 0.4) is 0 Å². The van der Waals surface area contributed by atoms with Crippen LogP contribution in [0.2, 0.25) is 0 Å². The summed E-state index contributed by atoms with van der Waals surface area (Å²) in [6, 6.07) is 7.41. The van der Waals surface area contributed by atoms with Gasteiger partial charge in [-0.05, 0) is 37.0 Å². The molecule has 0 aliphatic rings. The summed E-state index contributed by atoms with van der Waals surface area (Å²) < 4.78 is 5.07. The lowest BCUT2D eigenvalue weighted by molar-refractivity contribution is -0.141. The van der Waals surface area contributed by atoms with Crippen molar-refractivity contribution in [1.29, 1.82) is 0 Å². The van der Waals surface area contributed by atoms with Crippen molar-refractivity contribution in [2.45, 2.75) is 26.2 Å². The van der Waals surface area contributed by atoms with Gasteiger partial charge in [-0.3, -0.25) is 9.59 Å². The normalized spacial score (nSPS) is 11.7. The first-order valence-corrected chi connectivity index (χ1v) is 6.63. The maximum Gasteiger partial charge on any atom is 0.306 e. The number of carboxylic acid groups (broad SMARTS) is 1. The molecule has 1 aromatic rings. The van der Waals surface area contributed by atoms with Crippen molar-refractivity contribution in [1.82, 2.24) is 5.32 Å². The van der Waals surface area contributed by atoms with Crippen LogP contribution in [0.25, 0.3) is 0 Å². The van der Waals surface area contributed by atoms with E-state index in [0.29, 0.717) is 25.8 Å². The summed E-state index contributed by atoms with van der Waals surface area (Å²) in [5.41, 5.74) is 0.970. The third-order valence-corrected chi connectivity index (χ3v) is 3.09. The van der Waals surface area contributed by atoms with Gasteiger partial charge in [0, 0.05) is 13.5 Å². The molecule has 5 heteroatoms. The Bertz CT molecular complexity index is 442. The molecule has 0 aromatic heterocycles. The minimum absolute atomic E-state index is 0.0907. The molecule has 1 rings (SSSR count). The minimum atomic E-state index is -0.802. The molecule has 110 valence electrons. The Hall–Kier alpha value is -2.04. The molecule has 1 atom stereocenters. The molecule has 0 bridgehead atoms. The summed E-state index contributed by atoms with van der Waals surface area (Å²) in [7, 11) is 1.59. The first kappa shape index (κ1) is 16.0. The first-order valence-electron chi connectivity index (χ1n) is 6.63. The molecule has 20 heavy (non-hydrogen) atoms. The average molecular weight is 279 g/mol. The number of amides is 1. The average Bonchev–Trinajstić information content (AvgIpc) is 2.42. The lowest BCUT2D eigenvalue weighted by Gasteiger charge is -2.12. The van der Waals surface area contributed by atoms with Gasteiger partial charge in [-0.15, -0.1) is 0 Å². The van der Waals surface area contributed by atoms with Gasteiger partial charge >= 0.3 is 5.97 Å². The molecule has 2 N–H and O–H groups in total. The van der Waals surface area contributed by atoms with E-state index in [1.54, 1.807) is 7.11 Å². The van der Waals surface area contributed by atoms with E-state index in [-0.39, 0.29) is 5.91 Å². The zero-order valence-corrected chi connectivity index (χ0v) is 11.9. The fraction of sp³-hybridized carbons (Fsp3) is 0.467. The number of ether oxygens (including phenoxy) is 1. The SMILES string of the molecule is COc1ccc(CC(CCCNC(C)=O)C(=O)O)cc1. The zero-order chi connectivity index (χ0) is 15.0. The van der Waals surface area contributed by atoms with Gasteiger partial charge in [0.1, 0.15) is 5.75 Å². The second kappa shape index (κ2) is 8.19. The van der Waals surface area contributed by atoms with Crippen LogP contribution in [0.15, 0.2) is 24.3 Å². The molecule has 1 aromatic carbocycles. The maximum absolute atomic E-state index is 11.2. The minimum Gasteiger partial charge on any atom is -0.497 e. The molecule has 1 amide bonds. The van der Waals surface area contributed by atoms with E-state index < -0.39 is 11.9 Å². The Balaban J connectivity index is 2.49. The second-order valence-electron chi connectivity index (χ2n) is 4.71. The predicted molar refractivity (Wildman–Crippen MR) is 75.7 cm³/mol. The summed E-state index contributed by atoms with van der Waals surface area (Å²) in [6.45, 7) is 1.97. The summed E-state index contributed by atoms with van der Waals surface area (Å²) in [5.74, 6) is -0.570. The lowest BCUT2D eigenvalue weighted by Crippen LogP contribution is -2.23. The van der Waals surface area contributed by atoms with E-state index in [0.717, 1.165) is 11.3 Å². The van der Waals surface area contributed by atoms with Crippen LogP contribution in [-0.4, -0.2) is 30.6 Å². The molecule has 0 spiro atoms. The van der Waals surface area contributed by atoms with Gasteiger partial charge in [-0.2, -0.15) is 0 Å². The van der Waals surface area contributed by atoms with Crippen LogP contribution in [0, 0.1) is 5.92 Å². The van der Waals surface area contributed by atoms with E-state index in [4.69, 9.17) is 4.74 Å². The molecular weight excluding hydrogens is 258 g/mol. The van der Waals surface area contributed by atoms with Gasteiger partial charge in [0.05, 0.1) is 13.0 Å². The van der Waals surface area contributed by atoms with Gasteiger partial charge in [0.2, 0.25) is 5.91 Å². The number of rotatable bonds is 8. The van der Waals surface area contributed by atoms with E-state index >= 15 is 0 Å². The van der Waals surface area contributed by atoms with Crippen molar-refractivity contribution in [2.75, 3.05) is 13.7 Å². The number of carbonyl (C=O) groups excluding carboxylic acids is 1. The highest BCUT2D eigenvalue weighted by Gasteiger charge is 2.17. The summed E-state index contributed by atoms with van der Waals surface area (Å²) >= 11 is 0. The molecule has 0 saturated heterocycles. The fourth-order valence-electron chi connectivity index (χ4n) is 1.97. The second-order valence-corrected chi connectivity index (χ2v) is 4.71. The van der Waals surface area contributed by atoms with Crippen molar-refractivity contribution < 1.29 is 19.4 Å². The fourth-order valence-corrected chi connectivity index (χ4v) is 1.97. The third-order valence-electron chi connectivity index (χ3n) is 3.09. The van der Waals surface area contributed by atoms with Crippen molar-refractivity contribution in [2.24, 2.45) is 5.92 Å². The van der Waals surface area contributed by atoms with E-state index in [9.17, 15) is 14.7 Å². The summed E-state index contributed by atoms with van der Waals surface area (Å²) in [4.78, 5) is 22.0. The van der Waals surface area contributed by atoms with E-state index in [1.165, 1.54) is 6.92 Å². The standard InChI is InChI=1S/C15H21NO4/c1-11(17)16-9-3-4-13(15(18)19)10-12-5-7-14(20-2)8-6-12/h5-8,13H,3-4,9-10H2,1-2H3,(H,16,17)(H,18,19). The number of nitrogens with one attached hydrogen (secondary N) is 1. The number of aliphatic carboxylic acids is 1. The Morgan fingerprint density at radius 2 is 1.95 bits per heavy atom. The topological polar surface area (TPSA) is 75.6 Å². The highest BCUT2D eigenvalue weighted by atomic mass is 16.5. The lowest BCUT2D eigenvalue weighted by atomic mass is 9.95. The number of benzene rings is 1. The molecule has 5 nitrogen and oxygen atoms in total. The van der Waals surface area contributed by atoms with Crippen molar-refractivity contribution in [3.05, 3.63) is 29.8 Å². The molecule has 0 radical (unpaired) electrons. The third kappa shape index (κ3) is 5.73. The van der Waals surface area contributed by atoms with Gasteiger partial charge in [0.15, 0.2) is 0 Å². The van der Waals surface area contributed by atoms with Crippen LogP contribution in [0.1, 0.15) is 25.3 Å². The number of hydrogen-bond acceptors (Lipinski definition) is 3. The first-order chi connectivity index (χ1) is 9.52. The van der Waals surface area contributed by atoms with E-state index in [2.05, 4.69) is 5.32 Å². The van der Waals surface area contributed by atoms with Gasteiger partial charge in [-0.25, -0.2) is 0 Å². The largest absolute Gasteiger partial charge is 0.497 e. The Kier molecular flexibility index (Phi) is 6.56. The Morgan fingerprint density at radius 1 is 1.30 bits per heavy atom. The van der Waals surface area contributed by atoms with Crippen molar-refractivity contribution >= 4 is 11.9 Å². The molecule has 0 fully saturated rings. The number of carbonyl (C=O) groups is 2. The number of hydrogen-bond donors (Lipinski definition) is 2. The molecule has 1 unspecified atom stereocenters. The van der Waals surface area contributed by atoms with Gasteiger partial charge < -0.3 is 15.2 Å². The molecule has 0 aliphatic heterocycles. The van der Waals surface area contributed by atoms with Crippen LogP contribution >= 0.6 is 0 Å². The smallest absolute Gasteiger partial charge is 0.306 e. The highest BCUT2D eigenvalue weighted by Crippen LogP contribution is 2.17. The number of methoxy groups -OCH3 is 1. The van der Waals surface area contributed by atoms with Crippen LogP contribution in [0.5, 0.6) is 5.75 Å². The van der Waals surface area contributed by atoms with Crippen LogP contribution in [-0.2, 0) is 16.0 Å². The Morgan fingerprint density at radius 3 is 2.45 bits per heavy atom. The van der Waals surface area contributed by atoms with E-state index in [1.807, 2.05) is 24.3 Å². The molecule has 0 heterocycles. The van der Waals surface area contributed by atoms with Crippen LogP contribution < -0.4 is 10.1 Å². The summed E-state index contributed by atoms with van der Waals surface area (Å²) in [5, 5.41) is 11.9. The van der Waals surface area contributed by atoms with Crippen molar-refractivity contribution in [3.63, 3.8) is 0 Å². The summed E-state index contributed by atoms with van der Waals surface area (Å²) in [6.07, 6.45) is 1.69. The molecule has 0 aliphatic carbocycles. The zero-order valence-electron chi connectivity index (χ0n) is 11.9. The quantitative estimate of drug-likeness (QED) is 0.712. The Labute approximate surface area is 118 Å². The molecule has 0 saturated carbocycles. The predicted octanol–water partition coefficient (Wildman–Crippen LogP) is 1.85. The van der Waals surface area contributed by atoms with Crippen molar-refractivity contribution in [3.8, 4) is 5.75 Å².